The molecule has 1 fully saturated rings. The number of hydrogen-bond acceptors (Lipinski definition) is 3. The van der Waals surface area contributed by atoms with Gasteiger partial charge in [0.1, 0.15) is 5.69 Å². The molecule has 1 aliphatic rings. The maximum absolute atomic E-state index is 11.8. The van der Waals surface area contributed by atoms with Gasteiger partial charge in [-0.25, -0.2) is 0 Å². The Morgan fingerprint density at radius 2 is 2.36 bits per heavy atom. The first-order valence-electron chi connectivity index (χ1n) is 4.24. The van der Waals surface area contributed by atoms with E-state index in [1.165, 1.54) is 4.68 Å². The van der Waals surface area contributed by atoms with Crippen molar-refractivity contribution in [1.82, 2.24) is 14.7 Å². The summed E-state index contributed by atoms with van der Waals surface area (Å²) in [5.41, 5.74) is 0.525. The number of aliphatic hydroxyl groups is 1. The molecule has 0 unspecified atom stereocenters. The number of carbonyl (C=O) groups is 1. The third kappa shape index (κ3) is 1.44. The summed E-state index contributed by atoms with van der Waals surface area (Å²) in [7, 11) is 1.72. The van der Waals surface area contributed by atoms with Crippen molar-refractivity contribution in [3.05, 3.63) is 16.4 Å². The Bertz CT molecular complexity index is 351. The number of halogens is 1. The van der Waals surface area contributed by atoms with E-state index in [2.05, 4.69) is 21.0 Å². The normalized spacial score (nSPS) is 16.9. The summed E-state index contributed by atoms with van der Waals surface area (Å²) in [5, 5.41) is 13.0. The molecule has 0 bridgehead atoms. The zero-order chi connectivity index (χ0) is 10.3. The lowest BCUT2D eigenvalue weighted by Crippen LogP contribution is -2.53. The first kappa shape index (κ1) is 9.67. The third-order valence-electron chi connectivity index (χ3n) is 2.25. The predicted octanol–water partition coefficient (Wildman–Crippen LogP) is -0.000700. The summed E-state index contributed by atoms with van der Waals surface area (Å²) in [5.74, 6) is -0.0952. The summed E-state index contributed by atoms with van der Waals surface area (Å²) < 4.78 is 2.21. The molecule has 6 heteroatoms. The Morgan fingerprint density at radius 1 is 1.71 bits per heavy atom. The number of hydrogen-bond donors (Lipinski definition) is 1. The Kier molecular flexibility index (Phi) is 2.32. The van der Waals surface area contributed by atoms with Crippen molar-refractivity contribution in [3.8, 4) is 0 Å². The van der Waals surface area contributed by atoms with E-state index in [1.807, 2.05) is 0 Å². The molecule has 1 aliphatic heterocycles. The van der Waals surface area contributed by atoms with Gasteiger partial charge in [0.15, 0.2) is 0 Å². The van der Waals surface area contributed by atoms with Gasteiger partial charge in [-0.3, -0.25) is 9.48 Å². The van der Waals surface area contributed by atoms with Crippen LogP contribution >= 0.6 is 15.9 Å². The first-order chi connectivity index (χ1) is 6.59. The molecule has 2 rings (SSSR count). The fraction of sp³-hybridized carbons (Fsp3) is 0.500. The van der Waals surface area contributed by atoms with Gasteiger partial charge >= 0.3 is 0 Å². The number of amides is 1. The fourth-order valence-electron chi connectivity index (χ4n) is 1.42. The Morgan fingerprint density at radius 3 is 2.79 bits per heavy atom. The highest BCUT2D eigenvalue weighted by atomic mass is 79.9. The number of aliphatic hydroxyl groups excluding tert-OH is 1. The van der Waals surface area contributed by atoms with Crippen molar-refractivity contribution in [3.63, 3.8) is 0 Å². The van der Waals surface area contributed by atoms with E-state index < -0.39 is 0 Å². The van der Waals surface area contributed by atoms with E-state index in [0.29, 0.717) is 23.3 Å². The average Bonchev–Trinajstić information content (AvgIpc) is 2.40. The van der Waals surface area contributed by atoms with E-state index in [1.54, 1.807) is 18.1 Å². The molecule has 14 heavy (non-hydrogen) atoms. The van der Waals surface area contributed by atoms with E-state index in [0.717, 1.165) is 0 Å². The van der Waals surface area contributed by atoms with Gasteiger partial charge in [0.05, 0.1) is 16.8 Å². The van der Waals surface area contributed by atoms with E-state index in [9.17, 15) is 4.79 Å². The van der Waals surface area contributed by atoms with Crippen LogP contribution < -0.4 is 0 Å². The highest BCUT2D eigenvalue weighted by Gasteiger charge is 2.31. The molecule has 2 heterocycles. The van der Waals surface area contributed by atoms with Crippen LogP contribution in [0.3, 0.4) is 0 Å². The second kappa shape index (κ2) is 3.36. The molecule has 0 aliphatic carbocycles. The molecular weight excluding hydrogens is 250 g/mol. The van der Waals surface area contributed by atoms with Crippen LogP contribution in [0.15, 0.2) is 10.7 Å². The maximum Gasteiger partial charge on any atom is 0.273 e. The molecule has 0 atom stereocenters. The summed E-state index contributed by atoms with van der Waals surface area (Å²) >= 11 is 3.26. The maximum atomic E-state index is 11.8. The quantitative estimate of drug-likeness (QED) is 0.773. The number of aryl methyl sites for hydroxylation is 1. The second-order valence-electron chi connectivity index (χ2n) is 3.33. The molecule has 76 valence electrons. The van der Waals surface area contributed by atoms with Crippen LogP contribution in [0.2, 0.25) is 0 Å². The van der Waals surface area contributed by atoms with Gasteiger partial charge in [-0.2, -0.15) is 5.10 Å². The minimum absolute atomic E-state index is 0.0952. The summed E-state index contributed by atoms with van der Waals surface area (Å²) in [6.45, 7) is 0.826. The molecule has 0 saturated carbocycles. The predicted molar refractivity (Wildman–Crippen MR) is 52.8 cm³/mol. The average molecular weight is 260 g/mol. The Hall–Kier alpha value is -0.880. The van der Waals surface area contributed by atoms with Crippen LogP contribution in [0, 0.1) is 0 Å². The zero-order valence-corrected chi connectivity index (χ0v) is 9.23. The Balaban J connectivity index is 2.19. The second-order valence-corrected chi connectivity index (χ2v) is 4.18. The number of rotatable bonds is 1. The van der Waals surface area contributed by atoms with Crippen molar-refractivity contribution in [2.75, 3.05) is 13.1 Å². The van der Waals surface area contributed by atoms with Gasteiger partial charge in [0, 0.05) is 20.1 Å². The standard InChI is InChI=1S/C8H10BrN3O2/c1-11-7(6(9)2-10-11)8(14)12-3-5(13)4-12/h2,5,13H,3-4H2,1H3. The molecular formula is C8H10BrN3O2. The molecule has 5 nitrogen and oxygen atoms in total. The van der Waals surface area contributed by atoms with Gasteiger partial charge in [-0.15, -0.1) is 0 Å². The number of likely N-dealkylation sites (tertiary alicyclic amines) is 1. The minimum atomic E-state index is -0.369. The molecule has 1 saturated heterocycles. The minimum Gasteiger partial charge on any atom is -0.389 e. The number of carbonyl (C=O) groups excluding carboxylic acids is 1. The first-order valence-corrected chi connectivity index (χ1v) is 5.03. The molecule has 1 amide bonds. The number of aromatic nitrogens is 2. The highest BCUT2D eigenvalue weighted by molar-refractivity contribution is 9.10. The molecule has 1 aromatic heterocycles. The largest absolute Gasteiger partial charge is 0.389 e. The summed E-state index contributed by atoms with van der Waals surface area (Å²) in [6.07, 6.45) is 1.22. The summed E-state index contributed by atoms with van der Waals surface area (Å²) in [4.78, 5) is 13.4. The topological polar surface area (TPSA) is 58.4 Å². The molecule has 0 aromatic carbocycles. The van der Waals surface area contributed by atoms with Gasteiger partial charge in [0.25, 0.3) is 5.91 Å². The number of β-amino-alcohol motifs (C(OH)–C–C–N with tert-alkyl or cyclic N) is 1. The fourth-order valence-corrected chi connectivity index (χ4v) is 1.94. The van der Waals surface area contributed by atoms with E-state index in [4.69, 9.17) is 5.11 Å². The monoisotopic (exact) mass is 259 g/mol. The van der Waals surface area contributed by atoms with Crippen molar-refractivity contribution >= 4 is 21.8 Å². The molecule has 1 aromatic rings. The van der Waals surface area contributed by atoms with Gasteiger partial charge < -0.3 is 10.0 Å². The lowest BCUT2D eigenvalue weighted by molar-refractivity contribution is 0.00511. The van der Waals surface area contributed by atoms with Gasteiger partial charge in [-0.05, 0) is 15.9 Å². The molecule has 0 radical (unpaired) electrons. The smallest absolute Gasteiger partial charge is 0.273 e. The number of nitrogens with zero attached hydrogens (tertiary/aromatic N) is 3. The van der Waals surface area contributed by atoms with Crippen LogP contribution in [0.1, 0.15) is 10.5 Å². The molecule has 1 N–H and O–H groups in total. The Labute approximate surface area is 89.4 Å². The van der Waals surface area contributed by atoms with Crippen molar-refractivity contribution in [1.29, 1.82) is 0 Å². The van der Waals surface area contributed by atoms with Crippen molar-refractivity contribution < 1.29 is 9.90 Å². The van der Waals surface area contributed by atoms with Crippen LogP contribution in [0.5, 0.6) is 0 Å². The third-order valence-corrected chi connectivity index (χ3v) is 2.83. The van der Waals surface area contributed by atoms with Crippen molar-refractivity contribution in [2.24, 2.45) is 7.05 Å². The highest BCUT2D eigenvalue weighted by Crippen LogP contribution is 2.19. The van der Waals surface area contributed by atoms with Crippen LogP contribution in [-0.4, -0.2) is 44.9 Å². The van der Waals surface area contributed by atoms with Crippen molar-refractivity contribution in [2.45, 2.75) is 6.10 Å². The van der Waals surface area contributed by atoms with Crippen LogP contribution in [0.4, 0.5) is 0 Å². The van der Waals surface area contributed by atoms with E-state index >= 15 is 0 Å². The van der Waals surface area contributed by atoms with Gasteiger partial charge in [-0.1, -0.05) is 0 Å². The zero-order valence-electron chi connectivity index (χ0n) is 7.64. The lowest BCUT2D eigenvalue weighted by Gasteiger charge is -2.35. The van der Waals surface area contributed by atoms with Crippen LogP contribution in [-0.2, 0) is 7.05 Å². The summed E-state index contributed by atoms with van der Waals surface area (Å²) in [6, 6.07) is 0. The van der Waals surface area contributed by atoms with Gasteiger partial charge in [0.2, 0.25) is 0 Å². The lowest BCUT2D eigenvalue weighted by atomic mass is 10.1. The van der Waals surface area contributed by atoms with E-state index in [-0.39, 0.29) is 12.0 Å². The SMILES string of the molecule is Cn1ncc(Br)c1C(=O)N1CC(O)C1. The molecule has 0 spiro atoms. The van der Waals surface area contributed by atoms with Crippen LogP contribution in [0.25, 0.3) is 0 Å².